The number of hydrogen-bond acceptors (Lipinski definition) is 5. The molecule has 0 spiro atoms. The van der Waals surface area contributed by atoms with Crippen LogP contribution in [-0.2, 0) is 35.0 Å². The average Bonchev–Trinajstić information content (AvgIpc) is 3.17. The van der Waals surface area contributed by atoms with Crippen molar-refractivity contribution < 1.29 is 18.2 Å². The normalized spacial score (nSPS) is 14.0. The maximum atomic E-state index is 12.6. The molecule has 1 aliphatic carbocycles. The third kappa shape index (κ3) is 3.52. The lowest BCUT2D eigenvalue weighted by Gasteiger charge is -2.11. The van der Waals surface area contributed by atoms with Gasteiger partial charge in [-0.15, -0.1) is 0 Å². The third-order valence-electron chi connectivity index (χ3n) is 5.02. The molecule has 3 aromatic rings. The van der Waals surface area contributed by atoms with E-state index in [1.54, 1.807) is 31.2 Å². The Morgan fingerprint density at radius 1 is 1.14 bits per heavy atom. The maximum absolute atomic E-state index is 12.6. The molecule has 0 saturated heterocycles. The van der Waals surface area contributed by atoms with Crippen molar-refractivity contribution in [2.45, 2.75) is 37.7 Å². The molecule has 0 fully saturated rings. The van der Waals surface area contributed by atoms with Gasteiger partial charge >= 0.3 is 11.6 Å². The van der Waals surface area contributed by atoms with Crippen molar-refractivity contribution in [3.63, 3.8) is 0 Å². The number of aryl methyl sites for hydroxylation is 2. The van der Waals surface area contributed by atoms with Gasteiger partial charge in [-0.05, 0) is 54.7 Å². The molecule has 0 N–H and O–H groups in total. The van der Waals surface area contributed by atoms with E-state index >= 15 is 0 Å². The van der Waals surface area contributed by atoms with Crippen molar-refractivity contribution in [2.75, 3.05) is 5.75 Å². The van der Waals surface area contributed by atoms with Crippen LogP contribution in [0.25, 0.3) is 11.0 Å². The number of rotatable bonds is 5. The first kappa shape index (κ1) is 18.6. The first-order valence-corrected chi connectivity index (χ1v) is 10.6. The highest BCUT2D eigenvalue weighted by Gasteiger charge is 2.18. The Labute approximate surface area is 164 Å². The van der Waals surface area contributed by atoms with E-state index in [0.29, 0.717) is 21.8 Å². The molecule has 0 aliphatic heterocycles. The maximum Gasteiger partial charge on any atom is 0.339 e. The van der Waals surface area contributed by atoms with Gasteiger partial charge in [-0.2, -0.15) is 0 Å². The van der Waals surface area contributed by atoms with Crippen LogP contribution in [0.5, 0.6) is 0 Å². The van der Waals surface area contributed by atoms with E-state index < -0.39 is 22.4 Å². The summed E-state index contributed by atoms with van der Waals surface area (Å²) in [5, 5.41) is 0.790. The highest BCUT2D eigenvalue weighted by Crippen LogP contribution is 2.29. The van der Waals surface area contributed by atoms with Crippen LogP contribution in [0, 0.1) is 0 Å². The van der Waals surface area contributed by atoms with E-state index in [-0.39, 0.29) is 12.2 Å². The minimum absolute atomic E-state index is 0.0488. The quantitative estimate of drug-likeness (QED) is 0.485. The third-order valence-corrected chi connectivity index (χ3v) is 6.39. The molecule has 5 nitrogen and oxygen atoms in total. The smallest absolute Gasteiger partial charge is 0.339 e. The van der Waals surface area contributed by atoms with Crippen LogP contribution in [0.1, 0.15) is 40.4 Å². The summed E-state index contributed by atoms with van der Waals surface area (Å²) in [4.78, 5) is 25.0. The molecule has 6 heteroatoms. The SMILES string of the molecule is CC[S@@](=O)c1ccccc1C(=O)OCc1cc(=O)oc2cc3c(cc12)CCC3. The fraction of sp³-hybridized carbons (Fsp3) is 0.273. The lowest BCUT2D eigenvalue weighted by atomic mass is 10.0. The van der Waals surface area contributed by atoms with Crippen LogP contribution in [0.2, 0.25) is 0 Å². The van der Waals surface area contributed by atoms with Crippen LogP contribution in [-0.4, -0.2) is 15.9 Å². The van der Waals surface area contributed by atoms with Crippen molar-refractivity contribution in [3.05, 3.63) is 75.1 Å². The summed E-state index contributed by atoms with van der Waals surface area (Å²) < 4.78 is 23.0. The predicted molar refractivity (Wildman–Crippen MR) is 107 cm³/mol. The Kier molecular flexibility index (Phi) is 5.13. The van der Waals surface area contributed by atoms with E-state index in [2.05, 4.69) is 0 Å². The molecule has 144 valence electrons. The van der Waals surface area contributed by atoms with Crippen molar-refractivity contribution >= 4 is 27.7 Å². The number of ether oxygens (including phenoxy) is 1. The zero-order valence-corrected chi connectivity index (χ0v) is 16.3. The molecular formula is C22H20O5S. The van der Waals surface area contributed by atoms with Gasteiger partial charge in [0.1, 0.15) is 12.2 Å². The molecule has 1 atom stereocenters. The first-order chi connectivity index (χ1) is 13.6. The minimum Gasteiger partial charge on any atom is -0.457 e. The number of carbonyl (C=O) groups is 1. The lowest BCUT2D eigenvalue weighted by molar-refractivity contribution is 0.0469. The summed E-state index contributed by atoms with van der Waals surface area (Å²) in [6, 6.07) is 12.1. The topological polar surface area (TPSA) is 73.6 Å². The summed E-state index contributed by atoms with van der Waals surface area (Å²) in [7, 11) is -1.26. The van der Waals surface area contributed by atoms with Crippen molar-refractivity contribution in [1.82, 2.24) is 0 Å². The largest absolute Gasteiger partial charge is 0.457 e. The van der Waals surface area contributed by atoms with Gasteiger partial charge in [-0.25, -0.2) is 9.59 Å². The molecule has 0 radical (unpaired) electrons. The highest BCUT2D eigenvalue weighted by molar-refractivity contribution is 7.85. The molecular weight excluding hydrogens is 376 g/mol. The van der Waals surface area contributed by atoms with Gasteiger partial charge in [0.25, 0.3) is 0 Å². The molecule has 0 unspecified atom stereocenters. The number of carbonyl (C=O) groups excluding carboxylic acids is 1. The Morgan fingerprint density at radius 3 is 2.68 bits per heavy atom. The molecule has 4 rings (SSSR count). The summed E-state index contributed by atoms with van der Waals surface area (Å²) in [5.74, 6) is -0.139. The average molecular weight is 396 g/mol. The van der Waals surface area contributed by atoms with Gasteiger partial charge in [-0.1, -0.05) is 19.1 Å². The van der Waals surface area contributed by atoms with Crippen molar-refractivity contribution in [1.29, 1.82) is 0 Å². The standard InChI is InChI=1S/C22H20O5S/c1-2-28(25)20-9-4-3-8-17(20)22(24)26-13-16-12-21(23)27-19-11-15-7-5-6-14(15)10-18(16)19/h3-4,8-12H,2,5-7,13H2,1H3/t28-/m1/s1. The lowest BCUT2D eigenvalue weighted by Crippen LogP contribution is -2.11. The minimum atomic E-state index is -1.26. The van der Waals surface area contributed by atoms with Crippen LogP contribution in [0.3, 0.4) is 0 Å². The van der Waals surface area contributed by atoms with Crippen LogP contribution >= 0.6 is 0 Å². The second kappa shape index (κ2) is 7.72. The Hall–Kier alpha value is -2.73. The van der Waals surface area contributed by atoms with E-state index in [1.165, 1.54) is 17.2 Å². The fourth-order valence-electron chi connectivity index (χ4n) is 3.62. The monoisotopic (exact) mass is 396 g/mol. The van der Waals surface area contributed by atoms with E-state index in [0.717, 1.165) is 24.6 Å². The molecule has 1 aliphatic rings. The van der Waals surface area contributed by atoms with E-state index in [4.69, 9.17) is 9.15 Å². The Balaban J connectivity index is 1.64. The molecule has 2 aromatic carbocycles. The summed E-state index contributed by atoms with van der Waals surface area (Å²) >= 11 is 0. The fourth-order valence-corrected chi connectivity index (χ4v) is 4.56. The van der Waals surface area contributed by atoms with Crippen molar-refractivity contribution in [3.8, 4) is 0 Å². The molecule has 1 aromatic heterocycles. The van der Waals surface area contributed by atoms with Crippen molar-refractivity contribution in [2.24, 2.45) is 0 Å². The molecule has 0 amide bonds. The number of fused-ring (bicyclic) bond motifs is 2. The Morgan fingerprint density at radius 2 is 1.89 bits per heavy atom. The van der Waals surface area contributed by atoms with Crippen LogP contribution in [0.15, 0.2) is 56.6 Å². The zero-order valence-electron chi connectivity index (χ0n) is 15.5. The van der Waals surface area contributed by atoms with E-state index in [9.17, 15) is 13.8 Å². The number of benzene rings is 2. The highest BCUT2D eigenvalue weighted by atomic mass is 32.2. The van der Waals surface area contributed by atoms with Gasteiger partial charge in [0.05, 0.1) is 21.3 Å². The predicted octanol–water partition coefficient (Wildman–Crippen LogP) is 3.77. The Bertz CT molecular complexity index is 1150. The number of hydrogen-bond donors (Lipinski definition) is 0. The van der Waals surface area contributed by atoms with E-state index in [1.807, 2.05) is 12.1 Å². The second-order valence-corrected chi connectivity index (χ2v) is 8.48. The summed E-state index contributed by atoms with van der Waals surface area (Å²) in [6.45, 7) is 1.75. The van der Waals surface area contributed by atoms with Gasteiger partial charge in [0.2, 0.25) is 0 Å². The molecule has 0 bridgehead atoms. The molecule has 0 saturated carbocycles. The summed E-state index contributed by atoms with van der Waals surface area (Å²) in [5.41, 5.74) is 3.41. The summed E-state index contributed by atoms with van der Waals surface area (Å²) in [6.07, 6.45) is 3.07. The zero-order chi connectivity index (χ0) is 19.7. The van der Waals surface area contributed by atoms with Gasteiger partial charge in [0, 0.05) is 22.8 Å². The first-order valence-electron chi connectivity index (χ1n) is 9.30. The molecule has 28 heavy (non-hydrogen) atoms. The van der Waals surface area contributed by atoms with Crippen LogP contribution in [0.4, 0.5) is 0 Å². The number of esters is 1. The van der Waals surface area contributed by atoms with Gasteiger partial charge < -0.3 is 9.15 Å². The van der Waals surface area contributed by atoms with Crippen LogP contribution < -0.4 is 5.63 Å². The second-order valence-electron chi connectivity index (χ2n) is 6.77. The molecule has 1 heterocycles. The van der Waals surface area contributed by atoms with Gasteiger partial charge in [0.15, 0.2) is 0 Å². The van der Waals surface area contributed by atoms with Gasteiger partial charge in [-0.3, -0.25) is 4.21 Å².